The number of methoxy groups -OCH3 is 2. The van der Waals surface area contributed by atoms with Gasteiger partial charge in [0.05, 0.1) is 19.9 Å². The fourth-order valence-corrected chi connectivity index (χ4v) is 3.25. The number of carbonyl (C=O) groups excluding carboxylic acids is 1. The molecule has 2 heterocycles. The van der Waals surface area contributed by atoms with Gasteiger partial charge in [-0.15, -0.1) is 0 Å². The first kappa shape index (κ1) is 18.5. The van der Waals surface area contributed by atoms with Crippen molar-refractivity contribution in [1.82, 2.24) is 4.57 Å². The normalized spacial score (nSPS) is 15.3. The fourth-order valence-electron chi connectivity index (χ4n) is 3.25. The standard InChI is InChI=1S/C21H22N2O4/c1-12-10-15(11-18-20(24)19(13(2)22-18)21(25)27-5)14(3)23(12)16-6-8-17(26-4)9-7-16/h6-11,24H,1-5H3/b18-11-. The third kappa shape index (κ3) is 3.26. The number of aliphatic hydroxyl groups is 1. The van der Waals surface area contributed by atoms with Crippen molar-refractivity contribution in [1.29, 1.82) is 0 Å². The van der Waals surface area contributed by atoms with Crippen LogP contribution in [0.15, 0.2) is 52.4 Å². The Labute approximate surface area is 158 Å². The van der Waals surface area contributed by atoms with Crippen molar-refractivity contribution in [2.24, 2.45) is 4.99 Å². The van der Waals surface area contributed by atoms with Crippen molar-refractivity contribution in [3.63, 3.8) is 0 Å². The average Bonchev–Trinajstić information content (AvgIpc) is 3.10. The second kappa shape index (κ2) is 7.15. The van der Waals surface area contributed by atoms with Gasteiger partial charge in [-0.3, -0.25) is 0 Å². The summed E-state index contributed by atoms with van der Waals surface area (Å²) in [5.41, 5.74) is 4.85. The highest BCUT2D eigenvalue weighted by Crippen LogP contribution is 2.29. The monoisotopic (exact) mass is 366 g/mol. The topological polar surface area (TPSA) is 73.0 Å². The van der Waals surface area contributed by atoms with E-state index in [1.165, 1.54) is 7.11 Å². The molecule has 0 aliphatic carbocycles. The molecule has 0 radical (unpaired) electrons. The molecule has 0 atom stereocenters. The van der Waals surface area contributed by atoms with Crippen LogP contribution < -0.4 is 4.74 Å². The second-order valence-corrected chi connectivity index (χ2v) is 6.30. The van der Waals surface area contributed by atoms with Crippen LogP contribution >= 0.6 is 0 Å². The van der Waals surface area contributed by atoms with E-state index in [0.29, 0.717) is 11.4 Å². The summed E-state index contributed by atoms with van der Waals surface area (Å²) in [6.07, 6.45) is 1.77. The molecular formula is C21H22N2O4. The van der Waals surface area contributed by atoms with Gasteiger partial charge in [0.25, 0.3) is 0 Å². The molecule has 0 amide bonds. The molecule has 0 unspecified atom stereocenters. The zero-order valence-corrected chi connectivity index (χ0v) is 16.0. The van der Waals surface area contributed by atoms with Gasteiger partial charge in [0.1, 0.15) is 17.0 Å². The molecule has 0 saturated heterocycles. The van der Waals surface area contributed by atoms with Gasteiger partial charge in [-0.25, -0.2) is 9.79 Å². The van der Waals surface area contributed by atoms with Gasteiger partial charge < -0.3 is 19.1 Å². The number of ether oxygens (including phenoxy) is 2. The molecule has 3 rings (SSSR count). The largest absolute Gasteiger partial charge is 0.505 e. The molecule has 1 aromatic heterocycles. The number of hydrogen-bond donors (Lipinski definition) is 1. The van der Waals surface area contributed by atoms with E-state index < -0.39 is 5.97 Å². The number of hydrogen-bond acceptors (Lipinski definition) is 5. The first-order valence-corrected chi connectivity index (χ1v) is 8.50. The Morgan fingerprint density at radius 2 is 1.81 bits per heavy atom. The summed E-state index contributed by atoms with van der Waals surface area (Å²) >= 11 is 0. The van der Waals surface area contributed by atoms with E-state index in [0.717, 1.165) is 28.4 Å². The summed E-state index contributed by atoms with van der Waals surface area (Å²) in [4.78, 5) is 16.2. The molecule has 0 fully saturated rings. The summed E-state index contributed by atoms with van der Waals surface area (Å²) < 4.78 is 12.0. The first-order valence-electron chi connectivity index (χ1n) is 8.50. The number of esters is 1. The van der Waals surface area contributed by atoms with Crippen LogP contribution in [0.1, 0.15) is 23.9 Å². The summed E-state index contributed by atoms with van der Waals surface area (Å²) in [6, 6.07) is 9.81. The lowest BCUT2D eigenvalue weighted by molar-refractivity contribution is -0.135. The number of nitrogens with zero attached hydrogens (tertiary/aromatic N) is 2. The molecule has 6 nitrogen and oxygen atoms in total. The third-order valence-corrected chi connectivity index (χ3v) is 4.61. The molecule has 6 heteroatoms. The van der Waals surface area contributed by atoms with Crippen LogP contribution in [-0.2, 0) is 9.53 Å². The maximum Gasteiger partial charge on any atom is 0.343 e. The Bertz CT molecular complexity index is 992. The molecule has 0 saturated carbocycles. The van der Waals surface area contributed by atoms with Crippen LogP contribution in [0.4, 0.5) is 0 Å². The zero-order chi connectivity index (χ0) is 19.7. The second-order valence-electron chi connectivity index (χ2n) is 6.30. The number of carbonyl (C=O) groups is 1. The Balaban J connectivity index is 2.04. The number of aliphatic hydroxyl groups excluding tert-OH is 1. The van der Waals surface area contributed by atoms with E-state index in [9.17, 15) is 9.90 Å². The quantitative estimate of drug-likeness (QED) is 0.833. The third-order valence-electron chi connectivity index (χ3n) is 4.61. The Morgan fingerprint density at radius 3 is 2.41 bits per heavy atom. The lowest BCUT2D eigenvalue weighted by Gasteiger charge is -2.10. The van der Waals surface area contributed by atoms with E-state index in [-0.39, 0.29) is 11.3 Å². The van der Waals surface area contributed by atoms with Crippen LogP contribution in [0.3, 0.4) is 0 Å². The van der Waals surface area contributed by atoms with Crippen LogP contribution in [0.2, 0.25) is 0 Å². The molecule has 1 N–H and O–H groups in total. The highest BCUT2D eigenvalue weighted by atomic mass is 16.5. The number of aromatic nitrogens is 1. The molecule has 1 aliphatic heterocycles. The zero-order valence-electron chi connectivity index (χ0n) is 16.0. The highest BCUT2D eigenvalue weighted by molar-refractivity contribution is 6.22. The lowest BCUT2D eigenvalue weighted by atomic mass is 10.1. The van der Waals surface area contributed by atoms with Crippen LogP contribution in [0, 0.1) is 13.8 Å². The number of benzene rings is 1. The summed E-state index contributed by atoms with van der Waals surface area (Å²) in [5.74, 6) is 0.0409. The van der Waals surface area contributed by atoms with Gasteiger partial charge >= 0.3 is 5.97 Å². The van der Waals surface area contributed by atoms with Gasteiger partial charge in [0.15, 0.2) is 5.76 Å². The molecular weight excluding hydrogens is 344 g/mol. The molecule has 1 aromatic carbocycles. The SMILES string of the molecule is COC(=O)C1=C(O)/C(=C/c2cc(C)n(-c3ccc(OC)cc3)c2C)N=C1C. The summed E-state index contributed by atoms with van der Waals surface area (Å²) in [6.45, 7) is 5.68. The van der Waals surface area contributed by atoms with E-state index in [4.69, 9.17) is 9.47 Å². The van der Waals surface area contributed by atoms with Crippen molar-refractivity contribution < 1.29 is 19.4 Å². The first-order chi connectivity index (χ1) is 12.9. The Morgan fingerprint density at radius 1 is 1.15 bits per heavy atom. The van der Waals surface area contributed by atoms with E-state index in [1.54, 1.807) is 20.1 Å². The molecule has 0 spiro atoms. The molecule has 140 valence electrons. The van der Waals surface area contributed by atoms with E-state index >= 15 is 0 Å². The Hall–Kier alpha value is -3.28. The van der Waals surface area contributed by atoms with Gasteiger partial charge in [-0.2, -0.15) is 0 Å². The van der Waals surface area contributed by atoms with Crippen LogP contribution in [0.5, 0.6) is 5.75 Å². The molecule has 1 aliphatic rings. The van der Waals surface area contributed by atoms with Gasteiger partial charge in [0.2, 0.25) is 0 Å². The minimum atomic E-state index is -0.596. The van der Waals surface area contributed by atoms with Crippen LogP contribution in [0.25, 0.3) is 11.8 Å². The fraction of sp³-hybridized carbons (Fsp3) is 0.238. The lowest BCUT2D eigenvalue weighted by Crippen LogP contribution is -2.11. The molecule has 0 bridgehead atoms. The summed E-state index contributed by atoms with van der Waals surface area (Å²) in [5, 5.41) is 10.4. The van der Waals surface area contributed by atoms with Gasteiger partial charge in [-0.05, 0) is 62.7 Å². The molecule has 2 aromatic rings. The van der Waals surface area contributed by atoms with E-state index in [2.05, 4.69) is 9.56 Å². The van der Waals surface area contributed by atoms with Crippen molar-refractivity contribution in [2.45, 2.75) is 20.8 Å². The maximum atomic E-state index is 11.8. The van der Waals surface area contributed by atoms with Gasteiger partial charge in [-0.1, -0.05) is 0 Å². The maximum absolute atomic E-state index is 11.8. The van der Waals surface area contributed by atoms with Crippen molar-refractivity contribution in [2.75, 3.05) is 14.2 Å². The number of rotatable bonds is 4. The number of aryl methyl sites for hydroxylation is 1. The van der Waals surface area contributed by atoms with Crippen molar-refractivity contribution in [3.05, 3.63) is 64.3 Å². The predicted molar refractivity (Wildman–Crippen MR) is 105 cm³/mol. The van der Waals surface area contributed by atoms with Gasteiger partial charge in [0, 0.05) is 17.1 Å². The number of aliphatic imine (C=N–C) groups is 1. The molecule has 27 heavy (non-hydrogen) atoms. The minimum Gasteiger partial charge on any atom is -0.505 e. The smallest absolute Gasteiger partial charge is 0.343 e. The van der Waals surface area contributed by atoms with Crippen molar-refractivity contribution in [3.8, 4) is 11.4 Å². The predicted octanol–water partition coefficient (Wildman–Crippen LogP) is 3.90. The van der Waals surface area contributed by atoms with E-state index in [1.807, 2.05) is 44.2 Å². The van der Waals surface area contributed by atoms with Crippen LogP contribution in [-0.4, -0.2) is 35.6 Å². The summed E-state index contributed by atoms with van der Waals surface area (Å²) in [7, 11) is 2.91. The highest BCUT2D eigenvalue weighted by Gasteiger charge is 2.27. The van der Waals surface area contributed by atoms with Crippen molar-refractivity contribution >= 4 is 17.8 Å². The Kier molecular flexibility index (Phi) is 4.90. The minimum absolute atomic E-state index is 0.104. The average molecular weight is 366 g/mol.